The summed E-state index contributed by atoms with van der Waals surface area (Å²) in [5, 5.41) is 6.68. The third kappa shape index (κ3) is 28.1. The van der Waals surface area contributed by atoms with Crippen LogP contribution in [0.5, 0.6) is 0 Å². The minimum atomic E-state index is 1.09. The van der Waals surface area contributed by atoms with Gasteiger partial charge in [0.15, 0.2) is 0 Å². The fourth-order valence-electron chi connectivity index (χ4n) is 2.44. The number of rotatable bonds is 16. The maximum absolute atomic E-state index is 3.57. The highest BCUT2D eigenvalue weighted by Gasteiger charge is 1.92. The van der Waals surface area contributed by atoms with E-state index in [2.05, 4.69) is 38.3 Å². The van der Waals surface area contributed by atoms with E-state index in [1.807, 2.05) is 0 Å². The molecule has 0 saturated heterocycles. The quantitative estimate of drug-likeness (QED) is 0.346. The Balaban J connectivity index is 0. The second-order valence-electron chi connectivity index (χ2n) is 6.24. The molecular formula is C20H46N2. The Hall–Kier alpha value is -0.0800. The molecule has 0 rings (SSSR count). The summed E-state index contributed by atoms with van der Waals surface area (Å²) in [6.45, 7) is 13.4. The van der Waals surface area contributed by atoms with E-state index < -0.39 is 0 Å². The normalized spacial score (nSPS) is 10.4. The Morgan fingerprint density at radius 1 is 0.409 bits per heavy atom. The Kier molecular flexibility index (Phi) is 28.4. The molecule has 0 aliphatic carbocycles. The number of unbranched alkanes of at least 4 members (excludes halogenated alkanes) is 10. The van der Waals surface area contributed by atoms with Crippen LogP contribution in [-0.4, -0.2) is 26.2 Å². The molecule has 0 spiro atoms. The Bertz CT molecular complexity index is 144. The highest BCUT2D eigenvalue weighted by Crippen LogP contribution is 2.05. The van der Waals surface area contributed by atoms with Crippen molar-refractivity contribution in [3.8, 4) is 0 Å². The SMILES string of the molecule is CCCCCCCCNCCCCCCCC.CCNCC. The Labute approximate surface area is 142 Å². The van der Waals surface area contributed by atoms with E-state index in [4.69, 9.17) is 0 Å². The van der Waals surface area contributed by atoms with Crippen LogP contribution < -0.4 is 10.6 Å². The topological polar surface area (TPSA) is 24.1 Å². The number of hydrogen-bond donors (Lipinski definition) is 2. The molecule has 0 atom stereocenters. The lowest BCUT2D eigenvalue weighted by Gasteiger charge is -2.04. The fraction of sp³-hybridized carbons (Fsp3) is 1.00. The fourth-order valence-corrected chi connectivity index (χ4v) is 2.44. The first-order valence-electron chi connectivity index (χ1n) is 10.2. The molecular weight excluding hydrogens is 268 g/mol. The lowest BCUT2D eigenvalue weighted by atomic mass is 10.1. The van der Waals surface area contributed by atoms with Gasteiger partial charge in [-0.15, -0.1) is 0 Å². The van der Waals surface area contributed by atoms with E-state index in [0.29, 0.717) is 0 Å². The second kappa shape index (κ2) is 25.9. The van der Waals surface area contributed by atoms with Gasteiger partial charge in [0.1, 0.15) is 0 Å². The summed E-state index contributed by atoms with van der Waals surface area (Å²) in [5.74, 6) is 0. The van der Waals surface area contributed by atoms with Crippen molar-refractivity contribution < 1.29 is 0 Å². The van der Waals surface area contributed by atoms with Crippen LogP contribution in [0.15, 0.2) is 0 Å². The maximum Gasteiger partial charge on any atom is -0.00489 e. The van der Waals surface area contributed by atoms with Gasteiger partial charge in [0.25, 0.3) is 0 Å². The van der Waals surface area contributed by atoms with Crippen molar-refractivity contribution in [1.29, 1.82) is 0 Å². The van der Waals surface area contributed by atoms with Gasteiger partial charge in [-0.1, -0.05) is 91.9 Å². The van der Waals surface area contributed by atoms with E-state index in [-0.39, 0.29) is 0 Å². The molecule has 0 bridgehead atoms. The number of hydrogen-bond acceptors (Lipinski definition) is 2. The molecule has 0 fully saturated rings. The maximum atomic E-state index is 3.57. The molecule has 0 aromatic rings. The summed E-state index contributed by atoms with van der Waals surface area (Å²) in [6, 6.07) is 0. The molecule has 0 aromatic carbocycles. The van der Waals surface area contributed by atoms with Crippen LogP contribution in [-0.2, 0) is 0 Å². The third-order valence-electron chi connectivity index (χ3n) is 3.91. The van der Waals surface area contributed by atoms with Crippen molar-refractivity contribution >= 4 is 0 Å². The predicted molar refractivity (Wildman–Crippen MR) is 104 cm³/mol. The average molecular weight is 315 g/mol. The average Bonchev–Trinajstić information content (AvgIpc) is 2.53. The zero-order valence-electron chi connectivity index (χ0n) is 16.3. The Morgan fingerprint density at radius 3 is 1.09 bits per heavy atom. The zero-order chi connectivity index (χ0) is 16.7. The minimum absolute atomic E-state index is 1.09. The van der Waals surface area contributed by atoms with Crippen molar-refractivity contribution in [2.24, 2.45) is 0 Å². The molecule has 0 aromatic heterocycles. The van der Waals surface area contributed by atoms with Crippen molar-refractivity contribution in [3.63, 3.8) is 0 Å². The lowest BCUT2D eigenvalue weighted by Crippen LogP contribution is -2.16. The zero-order valence-corrected chi connectivity index (χ0v) is 16.3. The molecule has 0 aliphatic heterocycles. The van der Waals surface area contributed by atoms with E-state index in [1.54, 1.807) is 0 Å². The molecule has 0 unspecified atom stereocenters. The summed E-state index contributed by atoms with van der Waals surface area (Å²) in [6.07, 6.45) is 16.9. The first-order chi connectivity index (χ1) is 10.8. The van der Waals surface area contributed by atoms with Gasteiger partial charge in [-0.25, -0.2) is 0 Å². The molecule has 136 valence electrons. The van der Waals surface area contributed by atoms with E-state index >= 15 is 0 Å². The van der Waals surface area contributed by atoms with E-state index in [0.717, 1.165) is 13.1 Å². The summed E-state index contributed by atoms with van der Waals surface area (Å²) in [4.78, 5) is 0. The van der Waals surface area contributed by atoms with Gasteiger partial charge in [-0.3, -0.25) is 0 Å². The largest absolute Gasteiger partial charge is 0.317 e. The molecule has 2 nitrogen and oxygen atoms in total. The van der Waals surface area contributed by atoms with Crippen LogP contribution in [0.2, 0.25) is 0 Å². The second-order valence-corrected chi connectivity index (χ2v) is 6.24. The van der Waals surface area contributed by atoms with Crippen molar-refractivity contribution in [2.75, 3.05) is 26.2 Å². The molecule has 0 amide bonds. The highest BCUT2D eigenvalue weighted by molar-refractivity contribution is 4.51. The minimum Gasteiger partial charge on any atom is -0.317 e. The van der Waals surface area contributed by atoms with Crippen LogP contribution in [0.3, 0.4) is 0 Å². The lowest BCUT2D eigenvalue weighted by molar-refractivity contribution is 0.543. The monoisotopic (exact) mass is 314 g/mol. The summed E-state index contributed by atoms with van der Waals surface area (Å²) >= 11 is 0. The molecule has 0 saturated carbocycles. The molecule has 22 heavy (non-hydrogen) atoms. The van der Waals surface area contributed by atoms with E-state index in [9.17, 15) is 0 Å². The van der Waals surface area contributed by atoms with Gasteiger partial charge in [-0.2, -0.15) is 0 Å². The first-order valence-corrected chi connectivity index (χ1v) is 10.2. The van der Waals surface area contributed by atoms with Gasteiger partial charge in [0, 0.05) is 0 Å². The van der Waals surface area contributed by atoms with Gasteiger partial charge < -0.3 is 10.6 Å². The van der Waals surface area contributed by atoms with Gasteiger partial charge >= 0.3 is 0 Å². The van der Waals surface area contributed by atoms with Crippen LogP contribution in [0, 0.1) is 0 Å². The predicted octanol–water partition coefficient (Wildman–Crippen LogP) is 5.91. The molecule has 2 heteroatoms. The third-order valence-corrected chi connectivity index (χ3v) is 3.91. The van der Waals surface area contributed by atoms with Gasteiger partial charge in [0.05, 0.1) is 0 Å². The summed E-state index contributed by atoms with van der Waals surface area (Å²) in [7, 11) is 0. The summed E-state index contributed by atoms with van der Waals surface area (Å²) in [5.41, 5.74) is 0. The van der Waals surface area contributed by atoms with Gasteiger partial charge in [-0.05, 0) is 39.0 Å². The Morgan fingerprint density at radius 2 is 0.773 bits per heavy atom. The van der Waals surface area contributed by atoms with Crippen LogP contribution in [0.25, 0.3) is 0 Å². The van der Waals surface area contributed by atoms with Crippen LogP contribution in [0.4, 0.5) is 0 Å². The molecule has 2 N–H and O–H groups in total. The first kappa shape index (κ1) is 24.2. The van der Waals surface area contributed by atoms with Crippen molar-refractivity contribution in [2.45, 2.75) is 105 Å². The van der Waals surface area contributed by atoms with Gasteiger partial charge in [0.2, 0.25) is 0 Å². The summed E-state index contributed by atoms with van der Waals surface area (Å²) < 4.78 is 0. The van der Waals surface area contributed by atoms with Crippen LogP contribution >= 0.6 is 0 Å². The van der Waals surface area contributed by atoms with E-state index in [1.165, 1.54) is 90.1 Å². The molecule has 0 heterocycles. The number of nitrogens with one attached hydrogen (secondary N) is 2. The van der Waals surface area contributed by atoms with Crippen LogP contribution in [0.1, 0.15) is 105 Å². The highest BCUT2D eigenvalue weighted by atomic mass is 14.8. The molecule has 0 radical (unpaired) electrons. The standard InChI is InChI=1S/C16H35N.C4H11N/c1-3-5-7-9-11-13-15-17-16-14-12-10-8-6-4-2;1-3-5-4-2/h17H,3-16H2,1-2H3;5H,3-4H2,1-2H3. The molecule has 0 aliphatic rings. The van der Waals surface area contributed by atoms with Crippen molar-refractivity contribution in [3.05, 3.63) is 0 Å². The van der Waals surface area contributed by atoms with Crippen molar-refractivity contribution in [1.82, 2.24) is 10.6 Å². The smallest absolute Gasteiger partial charge is 0.00489 e.